The van der Waals surface area contributed by atoms with Crippen LogP contribution in [0.15, 0.2) is 48.1 Å². The van der Waals surface area contributed by atoms with Gasteiger partial charge in [0.2, 0.25) is 5.91 Å². The molecule has 3 aromatic rings. The summed E-state index contributed by atoms with van der Waals surface area (Å²) in [4.78, 5) is 26.7. The lowest BCUT2D eigenvalue weighted by Crippen LogP contribution is -2.33. The molecule has 0 bridgehead atoms. The highest BCUT2D eigenvalue weighted by molar-refractivity contribution is 6.11. The molecule has 29 heavy (non-hydrogen) atoms. The Hall–Kier alpha value is -3.35. The zero-order chi connectivity index (χ0) is 20.4. The van der Waals surface area contributed by atoms with Crippen LogP contribution in [0.5, 0.6) is 0 Å². The fourth-order valence-electron chi connectivity index (χ4n) is 4.59. The van der Waals surface area contributed by atoms with E-state index in [2.05, 4.69) is 41.1 Å². The zero-order valence-electron chi connectivity index (χ0n) is 16.9. The van der Waals surface area contributed by atoms with E-state index in [9.17, 15) is 9.59 Å². The molecule has 0 unspecified atom stereocenters. The molecule has 1 aromatic carbocycles. The Bertz CT molecular complexity index is 1210. The second kappa shape index (κ2) is 6.07. The zero-order valence-corrected chi connectivity index (χ0v) is 16.9. The number of aromatic nitrogens is 3. The Morgan fingerprint density at radius 3 is 2.72 bits per heavy atom. The predicted molar refractivity (Wildman–Crippen MR) is 110 cm³/mol. The first kappa shape index (κ1) is 17.7. The van der Waals surface area contributed by atoms with E-state index >= 15 is 0 Å². The third kappa shape index (κ3) is 2.46. The molecule has 5 rings (SSSR count). The van der Waals surface area contributed by atoms with E-state index in [1.165, 1.54) is 11.8 Å². The summed E-state index contributed by atoms with van der Waals surface area (Å²) in [5.41, 5.74) is 5.53. The molecule has 2 aliphatic heterocycles. The highest BCUT2D eigenvalue weighted by Crippen LogP contribution is 2.46. The van der Waals surface area contributed by atoms with Gasteiger partial charge in [0.1, 0.15) is 0 Å². The van der Waals surface area contributed by atoms with Gasteiger partial charge in [0.15, 0.2) is 0 Å². The van der Waals surface area contributed by atoms with Crippen LogP contribution in [0.1, 0.15) is 43.9 Å². The molecule has 4 heterocycles. The van der Waals surface area contributed by atoms with Crippen LogP contribution in [0.3, 0.4) is 0 Å². The number of imide groups is 1. The van der Waals surface area contributed by atoms with Crippen LogP contribution in [-0.4, -0.2) is 37.6 Å². The lowest BCUT2D eigenvalue weighted by atomic mass is 9.86. The summed E-state index contributed by atoms with van der Waals surface area (Å²) in [5, 5.41) is 8.95. The van der Waals surface area contributed by atoms with Gasteiger partial charge in [-0.25, -0.2) is 0 Å². The van der Waals surface area contributed by atoms with Crippen molar-refractivity contribution in [3.63, 3.8) is 0 Å². The topological polar surface area (TPSA) is 72.2 Å². The van der Waals surface area contributed by atoms with Crippen molar-refractivity contribution in [2.24, 2.45) is 7.05 Å². The molecular formula is C22H23N5O2. The Labute approximate surface area is 168 Å². The molecule has 1 N–H and O–H groups in total. The van der Waals surface area contributed by atoms with E-state index in [-0.39, 0.29) is 30.3 Å². The van der Waals surface area contributed by atoms with Crippen molar-refractivity contribution in [1.82, 2.24) is 19.2 Å². The number of aryl methyl sites for hydroxylation is 1. The minimum Gasteiger partial charge on any atom is -0.356 e. The number of carbonyl (C=O) groups excluding carboxylic acids is 2. The smallest absolute Gasteiger partial charge is 0.259 e. The van der Waals surface area contributed by atoms with Crippen molar-refractivity contribution >= 4 is 28.4 Å². The summed E-state index contributed by atoms with van der Waals surface area (Å²) in [6.07, 6.45) is 5.91. The van der Waals surface area contributed by atoms with Crippen LogP contribution in [0.25, 0.3) is 10.9 Å². The van der Waals surface area contributed by atoms with Gasteiger partial charge in [0, 0.05) is 60.7 Å². The molecule has 1 atom stereocenters. The fraction of sp³-hybridized carbons (Fsp3) is 0.318. The van der Waals surface area contributed by atoms with E-state index in [1.54, 1.807) is 4.68 Å². The maximum atomic E-state index is 13.3. The summed E-state index contributed by atoms with van der Waals surface area (Å²) in [6, 6.07) is 6.45. The third-order valence-corrected chi connectivity index (χ3v) is 5.88. The lowest BCUT2D eigenvalue weighted by Gasteiger charge is -2.18. The monoisotopic (exact) mass is 389 g/mol. The maximum absolute atomic E-state index is 13.3. The normalized spacial score (nSPS) is 18.4. The van der Waals surface area contributed by atoms with Crippen molar-refractivity contribution in [1.29, 1.82) is 0 Å². The summed E-state index contributed by atoms with van der Waals surface area (Å²) >= 11 is 0. The van der Waals surface area contributed by atoms with E-state index < -0.39 is 0 Å². The molecule has 148 valence electrons. The first-order valence-corrected chi connectivity index (χ1v) is 9.81. The number of carbonyl (C=O) groups is 2. The van der Waals surface area contributed by atoms with Crippen molar-refractivity contribution in [3.8, 4) is 0 Å². The molecule has 0 radical (unpaired) electrons. The SMILES string of the molecule is CC(=O)N1CC2=C(C1=O)[C@H](c1cnn(C)c1)c1cn(C(C)C)c3cccc(c13)N2. The minimum atomic E-state index is -0.283. The molecule has 2 amide bonds. The Kier molecular flexibility index (Phi) is 3.71. The highest BCUT2D eigenvalue weighted by Gasteiger charge is 2.42. The number of benzene rings is 1. The van der Waals surface area contributed by atoms with Gasteiger partial charge in [0.05, 0.1) is 23.8 Å². The average molecular weight is 389 g/mol. The van der Waals surface area contributed by atoms with Gasteiger partial charge in [-0.2, -0.15) is 5.10 Å². The van der Waals surface area contributed by atoms with Gasteiger partial charge < -0.3 is 9.88 Å². The van der Waals surface area contributed by atoms with Gasteiger partial charge in [0.25, 0.3) is 5.91 Å². The number of hydrogen-bond acceptors (Lipinski definition) is 4. The summed E-state index contributed by atoms with van der Waals surface area (Å²) < 4.78 is 3.99. The predicted octanol–water partition coefficient (Wildman–Crippen LogP) is 3.16. The molecule has 2 aliphatic rings. The lowest BCUT2D eigenvalue weighted by molar-refractivity contribution is -0.139. The standard InChI is InChI=1S/C22H23N5O2/c1-12(2)26-10-15-19(14-8-23-25(4)9-14)21-17(11-27(13(3)28)22(21)29)24-16-6-5-7-18(26)20(15)16/h5-10,12,19,24H,11H2,1-4H3/t19-/m1/s1. The Morgan fingerprint density at radius 2 is 2.07 bits per heavy atom. The largest absolute Gasteiger partial charge is 0.356 e. The summed E-state index contributed by atoms with van der Waals surface area (Å²) in [7, 11) is 1.87. The van der Waals surface area contributed by atoms with Crippen molar-refractivity contribution in [3.05, 3.63) is 59.2 Å². The van der Waals surface area contributed by atoms with Crippen molar-refractivity contribution in [2.45, 2.75) is 32.7 Å². The average Bonchev–Trinajstić information content (AvgIpc) is 3.32. The van der Waals surface area contributed by atoms with Crippen molar-refractivity contribution < 1.29 is 9.59 Å². The number of nitrogens with zero attached hydrogens (tertiary/aromatic N) is 4. The number of nitrogens with one attached hydrogen (secondary N) is 1. The second-order valence-electron chi connectivity index (χ2n) is 8.09. The fourth-order valence-corrected chi connectivity index (χ4v) is 4.59. The van der Waals surface area contributed by atoms with Gasteiger partial charge in [-0.1, -0.05) is 6.07 Å². The van der Waals surface area contributed by atoms with Crippen molar-refractivity contribution in [2.75, 3.05) is 11.9 Å². The molecule has 7 heteroatoms. The second-order valence-corrected chi connectivity index (χ2v) is 8.09. The third-order valence-electron chi connectivity index (χ3n) is 5.88. The van der Waals surface area contributed by atoms with Gasteiger partial charge >= 0.3 is 0 Å². The minimum absolute atomic E-state index is 0.230. The van der Waals surface area contributed by atoms with Crippen LogP contribution in [0.2, 0.25) is 0 Å². The summed E-state index contributed by atoms with van der Waals surface area (Å²) in [5.74, 6) is -0.755. The Balaban J connectivity index is 1.82. The van der Waals surface area contributed by atoms with Gasteiger partial charge in [-0.05, 0) is 31.5 Å². The quantitative estimate of drug-likeness (QED) is 0.731. The van der Waals surface area contributed by atoms with Crippen LogP contribution >= 0.6 is 0 Å². The van der Waals surface area contributed by atoms with Crippen LogP contribution in [-0.2, 0) is 16.6 Å². The van der Waals surface area contributed by atoms with Gasteiger partial charge in [-0.3, -0.25) is 19.2 Å². The molecule has 0 aliphatic carbocycles. The molecule has 0 spiro atoms. The van der Waals surface area contributed by atoms with Gasteiger partial charge in [-0.15, -0.1) is 0 Å². The molecule has 0 saturated heterocycles. The first-order valence-electron chi connectivity index (χ1n) is 9.81. The van der Waals surface area contributed by atoms with E-state index in [1.807, 2.05) is 31.6 Å². The molecule has 0 fully saturated rings. The highest BCUT2D eigenvalue weighted by atomic mass is 16.2. The van der Waals surface area contributed by atoms with Crippen LogP contribution in [0, 0.1) is 0 Å². The van der Waals surface area contributed by atoms with E-state index in [0.29, 0.717) is 5.57 Å². The molecular weight excluding hydrogens is 366 g/mol. The first-order chi connectivity index (χ1) is 13.9. The summed E-state index contributed by atoms with van der Waals surface area (Å²) in [6.45, 7) is 6.00. The molecule has 7 nitrogen and oxygen atoms in total. The number of hydrogen-bond donors (Lipinski definition) is 1. The molecule has 2 aromatic heterocycles. The number of amides is 2. The number of anilines is 1. The number of rotatable bonds is 2. The molecule has 0 saturated carbocycles. The van der Waals surface area contributed by atoms with Crippen LogP contribution < -0.4 is 5.32 Å². The van der Waals surface area contributed by atoms with Crippen LogP contribution in [0.4, 0.5) is 5.69 Å². The van der Waals surface area contributed by atoms with E-state index in [4.69, 9.17) is 0 Å². The Morgan fingerprint density at radius 1 is 1.28 bits per heavy atom. The van der Waals surface area contributed by atoms with E-state index in [0.717, 1.165) is 33.4 Å². The maximum Gasteiger partial charge on any atom is 0.259 e.